The zero-order valence-electron chi connectivity index (χ0n) is 20.2. The van der Waals surface area contributed by atoms with Crippen LogP contribution in [0.5, 0.6) is 0 Å². The van der Waals surface area contributed by atoms with Crippen LogP contribution < -0.4 is 5.32 Å². The van der Waals surface area contributed by atoms with Crippen molar-refractivity contribution >= 4 is 17.8 Å². The predicted octanol–water partition coefficient (Wildman–Crippen LogP) is 2.93. The lowest BCUT2D eigenvalue weighted by atomic mass is 10.0. The van der Waals surface area contributed by atoms with E-state index in [0.717, 1.165) is 30.8 Å². The predicted molar refractivity (Wildman–Crippen MR) is 127 cm³/mol. The zero-order valence-corrected chi connectivity index (χ0v) is 20.2. The molecule has 0 aliphatic carbocycles. The normalized spacial score (nSPS) is 21.7. The maximum atomic E-state index is 13.7. The highest BCUT2D eigenvalue weighted by Crippen LogP contribution is 2.41. The van der Waals surface area contributed by atoms with E-state index >= 15 is 0 Å². The highest BCUT2D eigenvalue weighted by molar-refractivity contribution is 6.02. The monoisotopic (exact) mass is 464 g/mol. The Balaban J connectivity index is 1.47. The van der Waals surface area contributed by atoms with E-state index in [1.807, 2.05) is 23.6 Å². The molecule has 3 amide bonds. The van der Waals surface area contributed by atoms with Crippen LogP contribution in [0.25, 0.3) is 0 Å². The van der Waals surface area contributed by atoms with Crippen molar-refractivity contribution in [2.45, 2.75) is 64.7 Å². The van der Waals surface area contributed by atoms with Gasteiger partial charge in [0.15, 0.2) is 5.82 Å². The van der Waals surface area contributed by atoms with Crippen LogP contribution in [0.2, 0.25) is 0 Å². The number of carbonyl (C=O) groups excluding carboxylic acids is 2. The highest BCUT2D eigenvalue weighted by atomic mass is 16.2. The molecule has 0 aromatic carbocycles. The average molecular weight is 465 g/mol. The molecular weight excluding hydrogens is 432 g/mol. The maximum Gasteiger partial charge on any atom is 0.321 e. The number of nitriles is 1. The second-order valence-corrected chi connectivity index (χ2v) is 9.63. The van der Waals surface area contributed by atoms with E-state index in [4.69, 9.17) is 5.26 Å². The van der Waals surface area contributed by atoms with Gasteiger partial charge < -0.3 is 15.1 Å². The highest BCUT2D eigenvalue weighted by Gasteiger charge is 2.46. The summed E-state index contributed by atoms with van der Waals surface area (Å²) >= 11 is 0. The summed E-state index contributed by atoms with van der Waals surface area (Å²) < 4.78 is 0. The molecule has 1 fully saturated rings. The van der Waals surface area contributed by atoms with Crippen LogP contribution in [0.3, 0.4) is 0 Å². The Hall–Kier alpha value is -3.45. The van der Waals surface area contributed by atoms with Crippen LogP contribution >= 0.6 is 0 Å². The first-order valence-corrected chi connectivity index (χ1v) is 11.7. The van der Waals surface area contributed by atoms with Gasteiger partial charge in [-0.15, -0.1) is 0 Å². The second kappa shape index (κ2) is 9.43. The summed E-state index contributed by atoms with van der Waals surface area (Å²) in [5.41, 5.74) is 1.35. The molecule has 0 radical (unpaired) electrons. The molecule has 2 aliphatic heterocycles. The number of aromatic amines is 1. The molecule has 34 heavy (non-hydrogen) atoms. The quantitative estimate of drug-likeness (QED) is 0.656. The number of hydrogen-bond donors (Lipinski definition) is 2. The number of piperazine rings is 1. The lowest BCUT2D eigenvalue weighted by Gasteiger charge is -2.46. The summed E-state index contributed by atoms with van der Waals surface area (Å²) in [6, 6.07) is 7.61. The molecule has 1 saturated heterocycles. The van der Waals surface area contributed by atoms with Gasteiger partial charge in [0.25, 0.3) is 5.91 Å². The van der Waals surface area contributed by atoms with Gasteiger partial charge in [0.1, 0.15) is 5.69 Å². The molecule has 2 N–H and O–H groups in total. The third kappa shape index (κ3) is 4.35. The molecular formula is C24H32N8O2. The Morgan fingerprint density at radius 2 is 2.06 bits per heavy atom. The van der Waals surface area contributed by atoms with E-state index in [0.29, 0.717) is 31.0 Å². The first-order valence-electron chi connectivity index (χ1n) is 11.7. The van der Waals surface area contributed by atoms with Gasteiger partial charge in [0.05, 0.1) is 23.8 Å². The number of aromatic nitrogens is 3. The standard InChI is InChI=1S/C24H32N8O2/c1-16-14-31(17(2)13-30(16)12-8-6-10-25)23(34)32-15-18-20(24(32,3)4)28-29-21(18)27-22(33)19-9-5-7-11-26-19/h5,7,9,11,16-17H,6,8,12-15H2,1-4H3,(H2,27,28,29,33)/t16-,17+/m1/s1. The van der Waals surface area contributed by atoms with Crippen molar-refractivity contribution in [2.75, 3.05) is 25.0 Å². The van der Waals surface area contributed by atoms with Gasteiger partial charge in [0, 0.05) is 43.4 Å². The summed E-state index contributed by atoms with van der Waals surface area (Å²) in [7, 11) is 0. The minimum absolute atomic E-state index is 0.0207. The number of pyridine rings is 1. The van der Waals surface area contributed by atoms with E-state index in [-0.39, 0.29) is 24.0 Å². The van der Waals surface area contributed by atoms with Gasteiger partial charge in [-0.2, -0.15) is 10.4 Å². The molecule has 180 valence electrons. The number of H-pyrrole nitrogens is 1. The Morgan fingerprint density at radius 1 is 1.26 bits per heavy atom. The van der Waals surface area contributed by atoms with Crippen LogP contribution in [-0.4, -0.2) is 73.5 Å². The fourth-order valence-electron chi connectivity index (χ4n) is 4.89. The van der Waals surface area contributed by atoms with Crippen molar-refractivity contribution in [1.29, 1.82) is 5.26 Å². The molecule has 2 atom stereocenters. The largest absolute Gasteiger partial charge is 0.321 e. The van der Waals surface area contributed by atoms with Crippen molar-refractivity contribution in [1.82, 2.24) is 29.9 Å². The molecule has 0 bridgehead atoms. The summed E-state index contributed by atoms with van der Waals surface area (Å²) in [6.07, 6.45) is 2.96. The SMILES string of the molecule is C[C@@H]1CN(C(=O)N2Cc3c(NC(=O)c4ccccn4)n[nH]c3C2(C)C)[C@@H](C)CN1CCCC#N. The third-order valence-electron chi connectivity index (χ3n) is 6.92. The number of amides is 3. The lowest BCUT2D eigenvalue weighted by molar-refractivity contribution is 0.0347. The van der Waals surface area contributed by atoms with E-state index in [2.05, 4.69) is 45.3 Å². The zero-order chi connectivity index (χ0) is 24.5. The van der Waals surface area contributed by atoms with Crippen molar-refractivity contribution in [3.63, 3.8) is 0 Å². The molecule has 4 rings (SSSR count). The number of unbranched alkanes of at least 4 members (excludes halogenated alkanes) is 1. The summed E-state index contributed by atoms with van der Waals surface area (Å²) in [5.74, 6) is 0.0882. The third-order valence-corrected chi connectivity index (χ3v) is 6.92. The Kier molecular flexibility index (Phi) is 6.57. The van der Waals surface area contributed by atoms with E-state index < -0.39 is 5.54 Å². The van der Waals surface area contributed by atoms with Gasteiger partial charge >= 0.3 is 6.03 Å². The molecule has 0 spiro atoms. The number of urea groups is 1. The van der Waals surface area contributed by atoms with Gasteiger partial charge in [-0.05, 0) is 52.8 Å². The van der Waals surface area contributed by atoms with Crippen LogP contribution in [0.4, 0.5) is 10.6 Å². The Morgan fingerprint density at radius 3 is 2.76 bits per heavy atom. The van der Waals surface area contributed by atoms with Crippen molar-refractivity contribution < 1.29 is 9.59 Å². The van der Waals surface area contributed by atoms with Crippen LogP contribution in [-0.2, 0) is 12.1 Å². The van der Waals surface area contributed by atoms with Crippen molar-refractivity contribution in [3.05, 3.63) is 41.3 Å². The summed E-state index contributed by atoms with van der Waals surface area (Å²) in [4.78, 5) is 36.6. The van der Waals surface area contributed by atoms with Crippen LogP contribution in [0.15, 0.2) is 24.4 Å². The molecule has 0 saturated carbocycles. The van der Waals surface area contributed by atoms with Gasteiger partial charge in [-0.3, -0.25) is 19.8 Å². The Bertz CT molecular complexity index is 1090. The molecule has 4 heterocycles. The molecule has 2 aliphatic rings. The minimum Gasteiger partial charge on any atom is -0.319 e. The summed E-state index contributed by atoms with van der Waals surface area (Å²) in [5, 5.41) is 19.0. The van der Waals surface area contributed by atoms with Crippen LogP contribution in [0.1, 0.15) is 62.3 Å². The number of carbonyl (C=O) groups is 2. The van der Waals surface area contributed by atoms with Crippen molar-refractivity contribution in [3.8, 4) is 6.07 Å². The number of nitrogens with one attached hydrogen (secondary N) is 2. The Labute approximate surface area is 199 Å². The molecule has 10 heteroatoms. The van der Waals surface area contributed by atoms with Gasteiger partial charge in [-0.25, -0.2) is 4.79 Å². The number of nitrogens with zero attached hydrogens (tertiary/aromatic N) is 6. The number of rotatable bonds is 5. The minimum atomic E-state index is -0.597. The number of hydrogen-bond acceptors (Lipinski definition) is 6. The number of fused-ring (bicyclic) bond motifs is 1. The van der Waals surface area contributed by atoms with Crippen molar-refractivity contribution in [2.24, 2.45) is 0 Å². The average Bonchev–Trinajstić information content (AvgIpc) is 3.34. The number of anilines is 1. The van der Waals surface area contributed by atoms with E-state index in [9.17, 15) is 9.59 Å². The smallest absolute Gasteiger partial charge is 0.319 e. The molecule has 0 unspecified atom stereocenters. The molecule has 2 aromatic heterocycles. The fourth-order valence-corrected chi connectivity index (χ4v) is 4.89. The van der Waals surface area contributed by atoms with E-state index in [1.54, 1.807) is 24.4 Å². The van der Waals surface area contributed by atoms with Gasteiger partial charge in [-0.1, -0.05) is 6.07 Å². The first-order chi connectivity index (χ1) is 16.2. The lowest BCUT2D eigenvalue weighted by Crippen LogP contribution is -2.61. The molecule has 2 aromatic rings. The van der Waals surface area contributed by atoms with E-state index in [1.165, 1.54) is 0 Å². The topological polar surface area (TPSA) is 121 Å². The fraction of sp³-hybridized carbons (Fsp3) is 0.542. The second-order valence-electron chi connectivity index (χ2n) is 9.63. The maximum absolute atomic E-state index is 13.7. The first kappa shape index (κ1) is 23.7. The molecule has 10 nitrogen and oxygen atoms in total. The van der Waals surface area contributed by atoms with Gasteiger partial charge in [0.2, 0.25) is 0 Å². The summed E-state index contributed by atoms with van der Waals surface area (Å²) in [6.45, 7) is 10.8. The van der Waals surface area contributed by atoms with Crippen LogP contribution in [0, 0.1) is 11.3 Å².